The fourth-order valence-corrected chi connectivity index (χ4v) is 3.86. The number of carbonyl (C=O) groups is 2. The Hall–Kier alpha value is -2.83. The van der Waals surface area contributed by atoms with Crippen molar-refractivity contribution in [3.05, 3.63) is 98.9 Å². The molecule has 2 heterocycles. The van der Waals surface area contributed by atoms with Gasteiger partial charge in [-0.3, -0.25) is 9.59 Å². The van der Waals surface area contributed by atoms with Crippen LogP contribution >= 0.6 is 27.5 Å². The minimum absolute atomic E-state index is 0.0196. The van der Waals surface area contributed by atoms with Gasteiger partial charge in [0.15, 0.2) is 0 Å². The number of hydrogen-bond acceptors (Lipinski definition) is 4. The van der Waals surface area contributed by atoms with E-state index in [1.54, 1.807) is 60.7 Å². The normalized spacial score (nSPS) is 18.4. The van der Waals surface area contributed by atoms with Gasteiger partial charge in [-0.25, -0.2) is 0 Å². The standard InChI is InChI=1S/C22H15BrClNO4/c23-15-8-6-13(7-9-15)20(26)18-19(14-3-1-4-16(24)11-14)25(22(28)21(18)27)12-17-5-2-10-29-17/h1-11,19,26H,12H2/b20-18+. The molecular weight excluding hydrogens is 458 g/mol. The molecule has 1 aliphatic heterocycles. The lowest BCUT2D eigenvalue weighted by Crippen LogP contribution is -2.29. The van der Waals surface area contributed by atoms with E-state index >= 15 is 0 Å². The highest BCUT2D eigenvalue weighted by Crippen LogP contribution is 2.40. The number of likely N-dealkylation sites (tertiary alicyclic amines) is 1. The first-order valence-corrected chi connectivity index (χ1v) is 9.95. The second-order valence-electron chi connectivity index (χ2n) is 6.57. The molecule has 1 aromatic heterocycles. The van der Waals surface area contributed by atoms with E-state index in [-0.39, 0.29) is 17.9 Å². The van der Waals surface area contributed by atoms with Crippen molar-refractivity contribution >= 4 is 45.0 Å². The largest absolute Gasteiger partial charge is 0.507 e. The van der Waals surface area contributed by atoms with Crippen LogP contribution in [0.25, 0.3) is 5.76 Å². The molecule has 1 amide bonds. The van der Waals surface area contributed by atoms with E-state index in [1.165, 1.54) is 11.2 Å². The van der Waals surface area contributed by atoms with E-state index in [0.717, 1.165) is 4.47 Å². The Morgan fingerprint density at radius 2 is 1.86 bits per heavy atom. The SMILES string of the molecule is O=C1C(=O)N(Cc2ccco2)C(c2cccc(Cl)c2)/C1=C(\O)c1ccc(Br)cc1. The van der Waals surface area contributed by atoms with Gasteiger partial charge in [-0.05, 0) is 42.0 Å². The molecule has 7 heteroatoms. The monoisotopic (exact) mass is 471 g/mol. The number of furan rings is 1. The second-order valence-corrected chi connectivity index (χ2v) is 7.92. The van der Waals surface area contributed by atoms with E-state index in [4.69, 9.17) is 16.0 Å². The third-order valence-electron chi connectivity index (χ3n) is 4.73. The molecule has 0 bridgehead atoms. The summed E-state index contributed by atoms with van der Waals surface area (Å²) in [7, 11) is 0. The molecule has 0 saturated carbocycles. The summed E-state index contributed by atoms with van der Waals surface area (Å²) >= 11 is 9.50. The van der Waals surface area contributed by atoms with E-state index in [9.17, 15) is 14.7 Å². The van der Waals surface area contributed by atoms with Crippen molar-refractivity contribution in [1.29, 1.82) is 0 Å². The van der Waals surface area contributed by atoms with Gasteiger partial charge in [-0.1, -0.05) is 51.8 Å². The van der Waals surface area contributed by atoms with Crippen molar-refractivity contribution in [2.45, 2.75) is 12.6 Å². The van der Waals surface area contributed by atoms with Crippen LogP contribution in [0.15, 0.2) is 81.4 Å². The van der Waals surface area contributed by atoms with Gasteiger partial charge < -0.3 is 14.4 Å². The number of aliphatic hydroxyl groups is 1. The number of Topliss-reactive ketones (excluding diaryl/α,β-unsaturated/α-hetero) is 1. The second kappa shape index (κ2) is 7.89. The van der Waals surface area contributed by atoms with Gasteiger partial charge in [0.2, 0.25) is 0 Å². The number of benzene rings is 2. The predicted octanol–water partition coefficient (Wildman–Crippen LogP) is 5.32. The van der Waals surface area contributed by atoms with Crippen molar-refractivity contribution in [2.24, 2.45) is 0 Å². The molecule has 146 valence electrons. The smallest absolute Gasteiger partial charge is 0.296 e. The molecule has 4 rings (SSSR count). The highest BCUT2D eigenvalue weighted by Gasteiger charge is 2.46. The minimum atomic E-state index is -0.789. The van der Waals surface area contributed by atoms with E-state index in [0.29, 0.717) is 21.9 Å². The van der Waals surface area contributed by atoms with E-state index in [1.807, 2.05) is 0 Å². The molecule has 3 aromatic rings. The Bertz CT molecular complexity index is 1110. The fourth-order valence-electron chi connectivity index (χ4n) is 3.40. The van der Waals surface area contributed by atoms with Crippen molar-refractivity contribution in [3.63, 3.8) is 0 Å². The van der Waals surface area contributed by atoms with Gasteiger partial charge in [0.1, 0.15) is 11.5 Å². The van der Waals surface area contributed by atoms with Crippen LogP contribution in [0.2, 0.25) is 5.02 Å². The van der Waals surface area contributed by atoms with Crippen LogP contribution in [-0.2, 0) is 16.1 Å². The van der Waals surface area contributed by atoms with Crippen molar-refractivity contribution in [3.8, 4) is 0 Å². The molecule has 1 unspecified atom stereocenters. The van der Waals surface area contributed by atoms with Gasteiger partial charge in [-0.15, -0.1) is 0 Å². The number of ketones is 1. The topological polar surface area (TPSA) is 70.8 Å². The highest BCUT2D eigenvalue weighted by molar-refractivity contribution is 9.10. The number of hydrogen-bond donors (Lipinski definition) is 1. The average Bonchev–Trinajstić information content (AvgIpc) is 3.30. The highest BCUT2D eigenvalue weighted by atomic mass is 79.9. The lowest BCUT2D eigenvalue weighted by molar-refractivity contribution is -0.140. The van der Waals surface area contributed by atoms with Crippen LogP contribution in [0.4, 0.5) is 0 Å². The molecule has 0 radical (unpaired) electrons. The molecule has 0 aliphatic carbocycles. The zero-order valence-corrected chi connectivity index (χ0v) is 17.4. The summed E-state index contributed by atoms with van der Waals surface area (Å²) in [4.78, 5) is 27.1. The Balaban J connectivity index is 1.87. The Kier molecular flexibility index (Phi) is 5.30. The van der Waals surface area contributed by atoms with Crippen molar-refractivity contribution in [2.75, 3.05) is 0 Å². The van der Waals surface area contributed by atoms with Gasteiger partial charge in [0.25, 0.3) is 11.7 Å². The number of aliphatic hydroxyl groups excluding tert-OH is 1. The van der Waals surface area contributed by atoms with Crippen LogP contribution in [0.5, 0.6) is 0 Å². The lowest BCUT2D eigenvalue weighted by atomic mass is 9.95. The molecule has 5 nitrogen and oxygen atoms in total. The summed E-state index contributed by atoms with van der Waals surface area (Å²) in [6, 6.07) is 16.4. The lowest BCUT2D eigenvalue weighted by Gasteiger charge is -2.24. The summed E-state index contributed by atoms with van der Waals surface area (Å²) in [5.74, 6) is -1.16. The number of nitrogens with zero attached hydrogens (tertiary/aromatic N) is 1. The number of amides is 1. The maximum Gasteiger partial charge on any atom is 0.296 e. The molecule has 1 aliphatic rings. The molecule has 1 fully saturated rings. The third kappa shape index (κ3) is 3.73. The first-order valence-electron chi connectivity index (χ1n) is 8.78. The first-order chi connectivity index (χ1) is 14.0. The van der Waals surface area contributed by atoms with Crippen LogP contribution in [0.1, 0.15) is 22.9 Å². The summed E-state index contributed by atoms with van der Waals surface area (Å²) < 4.78 is 6.20. The fraction of sp³-hybridized carbons (Fsp3) is 0.0909. The van der Waals surface area contributed by atoms with E-state index in [2.05, 4.69) is 15.9 Å². The Morgan fingerprint density at radius 1 is 1.10 bits per heavy atom. The average molecular weight is 473 g/mol. The third-order valence-corrected chi connectivity index (χ3v) is 5.49. The number of rotatable bonds is 4. The van der Waals surface area contributed by atoms with E-state index < -0.39 is 17.7 Å². The van der Waals surface area contributed by atoms with Crippen LogP contribution in [0, 0.1) is 0 Å². The number of halogens is 2. The molecule has 0 spiro atoms. The number of carbonyl (C=O) groups excluding carboxylic acids is 2. The van der Waals surface area contributed by atoms with Gasteiger partial charge in [0.05, 0.1) is 24.4 Å². The summed E-state index contributed by atoms with van der Waals surface area (Å²) in [6.07, 6.45) is 1.50. The first kappa shape index (κ1) is 19.5. The van der Waals surface area contributed by atoms with Crippen molar-refractivity contribution < 1.29 is 19.1 Å². The molecule has 29 heavy (non-hydrogen) atoms. The zero-order valence-electron chi connectivity index (χ0n) is 15.0. The van der Waals surface area contributed by atoms with Gasteiger partial charge >= 0.3 is 0 Å². The van der Waals surface area contributed by atoms with Crippen LogP contribution < -0.4 is 0 Å². The van der Waals surface area contributed by atoms with Crippen LogP contribution in [-0.4, -0.2) is 21.7 Å². The van der Waals surface area contributed by atoms with Gasteiger partial charge in [-0.2, -0.15) is 0 Å². The Labute approximate surface area is 180 Å². The predicted molar refractivity (Wildman–Crippen MR) is 112 cm³/mol. The van der Waals surface area contributed by atoms with Crippen LogP contribution in [0.3, 0.4) is 0 Å². The molecule has 1 saturated heterocycles. The van der Waals surface area contributed by atoms with Crippen molar-refractivity contribution in [1.82, 2.24) is 4.90 Å². The summed E-state index contributed by atoms with van der Waals surface area (Å²) in [5.41, 5.74) is 1.09. The molecular formula is C22H15BrClNO4. The minimum Gasteiger partial charge on any atom is -0.507 e. The van der Waals surface area contributed by atoms with Gasteiger partial charge in [0, 0.05) is 15.1 Å². The molecule has 1 N–H and O–H groups in total. The maximum atomic E-state index is 12.9. The molecule has 2 aromatic carbocycles. The Morgan fingerprint density at radius 3 is 2.52 bits per heavy atom. The quantitative estimate of drug-likeness (QED) is 0.317. The molecule has 1 atom stereocenters. The summed E-state index contributed by atoms with van der Waals surface area (Å²) in [5, 5.41) is 11.4. The zero-order chi connectivity index (χ0) is 20.5. The maximum absolute atomic E-state index is 12.9. The summed E-state index contributed by atoms with van der Waals surface area (Å²) in [6.45, 7) is 0.0892.